The molecule has 1 rings (SSSR count). The number of hydrogen-bond acceptors (Lipinski definition) is 3. The molecule has 2 atom stereocenters. The van der Waals surface area contributed by atoms with Crippen molar-refractivity contribution in [2.75, 3.05) is 41.3 Å². The lowest BCUT2D eigenvalue weighted by Crippen LogP contribution is -2.35. The van der Waals surface area contributed by atoms with Crippen LogP contribution in [0.15, 0.2) is 0 Å². The molecule has 16 heavy (non-hydrogen) atoms. The smallest absolute Gasteiger partial charge is 0.141 e. The molecule has 0 heterocycles. The topological polar surface area (TPSA) is 23.6 Å². The SMILES string of the molecule is CN(C)C[C@@H]1CCCC[C@@H](CN(C)C)C1=O. The van der Waals surface area contributed by atoms with Crippen LogP contribution in [0.4, 0.5) is 0 Å². The summed E-state index contributed by atoms with van der Waals surface area (Å²) in [6, 6.07) is 0. The Labute approximate surface area is 99.8 Å². The molecule has 0 saturated heterocycles. The first kappa shape index (κ1) is 13.7. The number of carbonyl (C=O) groups is 1. The van der Waals surface area contributed by atoms with Gasteiger partial charge in [-0.05, 0) is 41.0 Å². The van der Waals surface area contributed by atoms with Gasteiger partial charge in [-0.1, -0.05) is 12.8 Å². The van der Waals surface area contributed by atoms with Crippen LogP contribution in [-0.2, 0) is 4.79 Å². The summed E-state index contributed by atoms with van der Waals surface area (Å²) in [7, 11) is 8.22. The molecule has 1 aliphatic rings. The highest BCUT2D eigenvalue weighted by Crippen LogP contribution is 2.25. The Morgan fingerprint density at radius 1 is 0.938 bits per heavy atom. The minimum Gasteiger partial charge on any atom is -0.309 e. The van der Waals surface area contributed by atoms with Crippen molar-refractivity contribution in [3.05, 3.63) is 0 Å². The van der Waals surface area contributed by atoms with Crippen LogP contribution in [0.1, 0.15) is 25.7 Å². The van der Waals surface area contributed by atoms with Gasteiger partial charge in [0.1, 0.15) is 5.78 Å². The third-order valence-electron chi connectivity index (χ3n) is 3.33. The summed E-state index contributed by atoms with van der Waals surface area (Å²) in [5.74, 6) is 1.03. The second-order valence-electron chi connectivity index (χ2n) is 5.61. The highest BCUT2D eigenvalue weighted by Gasteiger charge is 2.29. The summed E-state index contributed by atoms with van der Waals surface area (Å²) in [5, 5.41) is 0. The molecule has 0 spiro atoms. The van der Waals surface area contributed by atoms with E-state index in [2.05, 4.69) is 38.0 Å². The Kier molecular flexibility index (Phi) is 5.42. The van der Waals surface area contributed by atoms with E-state index < -0.39 is 0 Å². The van der Waals surface area contributed by atoms with E-state index in [4.69, 9.17) is 0 Å². The first-order chi connectivity index (χ1) is 7.50. The van der Waals surface area contributed by atoms with Gasteiger partial charge in [0.15, 0.2) is 0 Å². The maximum Gasteiger partial charge on any atom is 0.141 e. The molecule has 1 fully saturated rings. The van der Waals surface area contributed by atoms with Gasteiger partial charge in [-0.15, -0.1) is 0 Å². The molecule has 0 unspecified atom stereocenters. The maximum atomic E-state index is 12.4. The van der Waals surface area contributed by atoms with Crippen LogP contribution in [0.25, 0.3) is 0 Å². The van der Waals surface area contributed by atoms with Gasteiger partial charge < -0.3 is 9.80 Å². The van der Waals surface area contributed by atoms with E-state index >= 15 is 0 Å². The van der Waals surface area contributed by atoms with Gasteiger partial charge in [0.05, 0.1) is 0 Å². The van der Waals surface area contributed by atoms with Gasteiger partial charge in [-0.2, -0.15) is 0 Å². The zero-order chi connectivity index (χ0) is 12.1. The minimum absolute atomic E-state index is 0.266. The van der Waals surface area contributed by atoms with Crippen molar-refractivity contribution in [3.63, 3.8) is 0 Å². The van der Waals surface area contributed by atoms with Gasteiger partial charge in [0.2, 0.25) is 0 Å². The molecule has 3 heteroatoms. The standard InChI is InChI=1S/C13H26N2O/c1-14(2)9-11-7-5-6-8-12(13(11)16)10-15(3)4/h11-12H,5-10H2,1-4H3/t11-,12-/m0/s1. The van der Waals surface area contributed by atoms with Gasteiger partial charge in [-0.3, -0.25) is 4.79 Å². The fraction of sp³-hybridized carbons (Fsp3) is 0.923. The molecule has 0 aromatic heterocycles. The van der Waals surface area contributed by atoms with Crippen LogP contribution in [0.5, 0.6) is 0 Å². The second-order valence-corrected chi connectivity index (χ2v) is 5.61. The molecule has 94 valence electrons. The molecular formula is C13H26N2O. The molecule has 0 radical (unpaired) electrons. The zero-order valence-corrected chi connectivity index (χ0v) is 11.2. The largest absolute Gasteiger partial charge is 0.309 e. The zero-order valence-electron chi connectivity index (χ0n) is 11.2. The van der Waals surface area contributed by atoms with Crippen molar-refractivity contribution in [1.29, 1.82) is 0 Å². The van der Waals surface area contributed by atoms with Crippen LogP contribution in [0.3, 0.4) is 0 Å². The van der Waals surface area contributed by atoms with Crippen LogP contribution < -0.4 is 0 Å². The first-order valence-corrected chi connectivity index (χ1v) is 6.34. The van der Waals surface area contributed by atoms with Crippen molar-refractivity contribution < 1.29 is 4.79 Å². The summed E-state index contributed by atoms with van der Waals surface area (Å²) in [5.41, 5.74) is 0. The quantitative estimate of drug-likeness (QED) is 0.679. The maximum absolute atomic E-state index is 12.4. The average molecular weight is 226 g/mol. The number of hydrogen-bond donors (Lipinski definition) is 0. The van der Waals surface area contributed by atoms with Crippen molar-refractivity contribution in [1.82, 2.24) is 9.80 Å². The van der Waals surface area contributed by atoms with Gasteiger partial charge in [-0.25, -0.2) is 0 Å². The monoisotopic (exact) mass is 226 g/mol. The molecule has 3 nitrogen and oxygen atoms in total. The molecule has 0 aromatic carbocycles. The average Bonchev–Trinajstić information content (AvgIpc) is 2.31. The molecule has 0 aromatic rings. The minimum atomic E-state index is 0.266. The summed E-state index contributed by atoms with van der Waals surface area (Å²) in [6.07, 6.45) is 4.60. The molecule has 0 aliphatic heterocycles. The number of ketones is 1. The lowest BCUT2D eigenvalue weighted by molar-refractivity contribution is -0.127. The molecule has 0 amide bonds. The van der Waals surface area contributed by atoms with Crippen molar-refractivity contribution >= 4 is 5.78 Å². The lowest BCUT2D eigenvalue weighted by atomic mass is 9.91. The summed E-state index contributed by atoms with van der Waals surface area (Å²) in [4.78, 5) is 16.6. The van der Waals surface area contributed by atoms with Crippen LogP contribution >= 0.6 is 0 Å². The molecule has 1 saturated carbocycles. The van der Waals surface area contributed by atoms with Crippen molar-refractivity contribution in [2.45, 2.75) is 25.7 Å². The Balaban J connectivity index is 2.61. The Bertz CT molecular complexity index is 204. The van der Waals surface area contributed by atoms with E-state index in [0.717, 1.165) is 25.9 Å². The third kappa shape index (κ3) is 4.22. The van der Waals surface area contributed by atoms with Crippen LogP contribution in [0.2, 0.25) is 0 Å². The highest BCUT2D eigenvalue weighted by atomic mass is 16.1. The predicted octanol–water partition coefficient (Wildman–Crippen LogP) is 1.49. The van der Waals surface area contributed by atoms with Gasteiger partial charge >= 0.3 is 0 Å². The molecule has 0 N–H and O–H groups in total. The van der Waals surface area contributed by atoms with Gasteiger partial charge in [0.25, 0.3) is 0 Å². The number of carbonyl (C=O) groups excluding carboxylic acids is 1. The van der Waals surface area contributed by atoms with E-state index in [9.17, 15) is 4.79 Å². The Morgan fingerprint density at radius 3 is 1.62 bits per heavy atom. The van der Waals surface area contributed by atoms with Crippen LogP contribution in [-0.4, -0.2) is 56.9 Å². The van der Waals surface area contributed by atoms with E-state index in [0.29, 0.717) is 5.78 Å². The van der Waals surface area contributed by atoms with Crippen molar-refractivity contribution in [3.8, 4) is 0 Å². The fourth-order valence-electron chi connectivity index (χ4n) is 2.64. The number of Topliss-reactive ketones (excluding diaryl/α,β-unsaturated/α-hetero) is 1. The van der Waals surface area contributed by atoms with E-state index in [1.54, 1.807) is 0 Å². The number of rotatable bonds is 4. The summed E-state index contributed by atoms with van der Waals surface area (Å²) < 4.78 is 0. The Morgan fingerprint density at radius 2 is 1.31 bits per heavy atom. The number of nitrogens with zero attached hydrogens (tertiary/aromatic N) is 2. The van der Waals surface area contributed by atoms with E-state index in [1.165, 1.54) is 12.8 Å². The third-order valence-corrected chi connectivity index (χ3v) is 3.33. The predicted molar refractivity (Wildman–Crippen MR) is 67.6 cm³/mol. The highest BCUT2D eigenvalue weighted by molar-refractivity contribution is 5.84. The summed E-state index contributed by atoms with van der Waals surface area (Å²) >= 11 is 0. The van der Waals surface area contributed by atoms with Crippen molar-refractivity contribution in [2.24, 2.45) is 11.8 Å². The Hall–Kier alpha value is -0.410. The van der Waals surface area contributed by atoms with E-state index in [1.807, 2.05) is 0 Å². The lowest BCUT2D eigenvalue weighted by Gasteiger charge is -2.23. The van der Waals surface area contributed by atoms with Crippen LogP contribution in [0, 0.1) is 11.8 Å². The summed E-state index contributed by atoms with van der Waals surface area (Å²) in [6.45, 7) is 1.84. The molecule has 1 aliphatic carbocycles. The first-order valence-electron chi connectivity index (χ1n) is 6.34. The van der Waals surface area contributed by atoms with Gasteiger partial charge in [0, 0.05) is 24.9 Å². The fourth-order valence-corrected chi connectivity index (χ4v) is 2.64. The van der Waals surface area contributed by atoms with E-state index in [-0.39, 0.29) is 11.8 Å². The molecule has 0 bridgehead atoms. The normalized spacial score (nSPS) is 27.5. The second kappa shape index (κ2) is 6.36. The molecular weight excluding hydrogens is 200 g/mol.